The van der Waals surface area contributed by atoms with Crippen LogP contribution in [0.15, 0.2) is 42.5 Å². The molecule has 2 aromatic carbocycles. The van der Waals surface area contributed by atoms with Crippen molar-refractivity contribution in [3.05, 3.63) is 48.0 Å². The second-order valence-electron chi connectivity index (χ2n) is 5.61. The Hall–Kier alpha value is -1.65. The second-order valence-corrected chi connectivity index (χ2v) is 5.99. The molecular weight excluding hydrogens is 278 g/mol. The number of nitrogens with one attached hydrogen (secondary N) is 2. The average molecular weight is 300 g/mol. The minimum absolute atomic E-state index is 0.874. The van der Waals surface area contributed by atoms with Crippen molar-refractivity contribution < 1.29 is 4.90 Å². The highest BCUT2D eigenvalue weighted by Crippen LogP contribution is 2.17. The minimum Gasteiger partial charge on any atom is -0.366 e. The molecule has 1 aliphatic rings. The van der Waals surface area contributed by atoms with E-state index >= 15 is 0 Å². The van der Waals surface area contributed by atoms with Gasteiger partial charge < -0.3 is 15.1 Å². The number of nitrogens with zero attached hydrogens (tertiary/aromatic N) is 1. The Balaban J connectivity index is 1.69. The van der Waals surface area contributed by atoms with Gasteiger partial charge >= 0.3 is 0 Å². The summed E-state index contributed by atoms with van der Waals surface area (Å²) in [4.78, 5) is 3.91. The number of hydrogen-bond donors (Lipinski definition) is 2. The van der Waals surface area contributed by atoms with E-state index in [0.717, 1.165) is 37.8 Å². The number of fused-ring (bicyclic) bond motifs is 1. The normalized spacial score (nSPS) is 16.1. The lowest BCUT2D eigenvalue weighted by Gasteiger charge is -2.33. The van der Waals surface area contributed by atoms with Crippen molar-refractivity contribution in [2.24, 2.45) is 0 Å². The number of thiocarbonyl (C=S) groups is 1. The smallest absolute Gasteiger partial charge is 0.169 e. The standard InChI is InChI=1S/C17H21N3S/c1-18-17(21)20-11-9-19(10-12-20)13-15-7-4-6-14-5-2-3-8-16(14)15/h2-8H,9-13H2,1H3,(H,18,21)/p+1. The number of quaternary nitrogens is 1. The highest BCUT2D eigenvalue weighted by Gasteiger charge is 2.21. The molecule has 0 saturated carbocycles. The first-order valence-corrected chi connectivity index (χ1v) is 7.95. The molecule has 1 saturated heterocycles. The topological polar surface area (TPSA) is 19.7 Å². The van der Waals surface area contributed by atoms with Crippen molar-refractivity contribution in [3.8, 4) is 0 Å². The maximum atomic E-state index is 5.31. The lowest BCUT2D eigenvalue weighted by molar-refractivity contribution is -0.917. The molecule has 0 spiro atoms. The first-order chi connectivity index (χ1) is 10.3. The minimum atomic E-state index is 0.874. The third kappa shape index (κ3) is 3.17. The molecule has 3 nitrogen and oxygen atoms in total. The van der Waals surface area contributed by atoms with Crippen LogP contribution in [0.25, 0.3) is 10.8 Å². The van der Waals surface area contributed by atoms with Gasteiger partial charge in [-0.15, -0.1) is 0 Å². The van der Waals surface area contributed by atoms with E-state index in [-0.39, 0.29) is 0 Å². The van der Waals surface area contributed by atoms with Crippen LogP contribution >= 0.6 is 12.2 Å². The molecule has 0 radical (unpaired) electrons. The lowest BCUT2D eigenvalue weighted by atomic mass is 10.0. The van der Waals surface area contributed by atoms with Gasteiger partial charge in [-0.2, -0.15) is 0 Å². The molecule has 21 heavy (non-hydrogen) atoms. The highest BCUT2D eigenvalue weighted by molar-refractivity contribution is 7.80. The molecule has 1 aliphatic heterocycles. The van der Waals surface area contributed by atoms with E-state index in [2.05, 4.69) is 52.7 Å². The van der Waals surface area contributed by atoms with Gasteiger partial charge in [-0.05, 0) is 23.0 Å². The molecule has 4 heteroatoms. The monoisotopic (exact) mass is 300 g/mol. The predicted molar refractivity (Wildman–Crippen MR) is 91.6 cm³/mol. The Kier molecular flexibility index (Phi) is 4.36. The van der Waals surface area contributed by atoms with Gasteiger partial charge in [-0.25, -0.2) is 0 Å². The molecule has 0 bridgehead atoms. The van der Waals surface area contributed by atoms with E-state index in [1.165, 1.54) is 16.3 Å². The van der Waals surface area contributed by atoms with Gasteiger partial charge in [0.05, 0.1) is 26.2 Å². The Morgan fingerprint density at radius 1 is 1.14 bits per heavy atom. The fourth-order valence-electron chi connectivity index (χ4n) is 3.08. The van der Waals surface area contributed by atoms with Crippen LogP contribution in [0.3, 0.4) is 0 Å². The van der Waals surface area contributed by atoms with Gasteiger partial charge in [0.1, 0.15) is 6.54 Å². The van der Waals surface area contributed by atoms with Gasteiger partial charge in [-0.3, -0.25) is 0 Å². The molecule has 0 amide bonds. The highest BCUT2D eigenvalue weighted by atomic mass is 32.1. The summed E-state index contributed by atoms with van der Waals surface area (Å²) in [7, 11) is 1.90. The van der Waals surface area contributed by atoms with Crippen LogP contribution in [0, 0.1) is 0 Å². The van der Waals surface area contributed by atoms with Crippen LogP contribution < -0.4 is 10.2 Å². The Labute approximate surface area is 131 Å². The summed E-state index contributed by atoms with van der Waals surface area (Å²) in [6.45, 7) is 5.47. The molecule has 110 valence electrons. The number of benzene rings is 2. The van der Waals surface area contributed by atoms with Crippen LogP contribution in [-0.4, -0.2) is 43.2 Å². The van der Waals surface area contributed by atoms with Crippen LogP contribution in [0.1, 0.15) is 5.56 Å². The average Bonchev–Trinajstić information content (AvgIpc) is 2.55. The zero-order valence-corrected chi connectivity index (χ0v) is 13.2. The van der Waals surface area contributed by atoms with Crippen LogP contribution in [-0.2, 0) is 6.54 Å². The molecule has 0 unspecified atom stereocenters. The molecule has 1 fully saturated rings. The van der Waals surface area contributed by atoms with E-state index in [1.54, 1.807) is 4.90 Å². The summed E-state index contributed by atoms with van der Waals surface area (Å²) < 4.78 is 0. The van der Waals surface area contributed by atoms with Crippen molar-refractivity contribution >= 4 is 28.1 Å². The predicted octanol–water partition coefficient (Wildman–Crippen LogP) is 1.04. The van der Waals surface area contributed by atoms with E-state index in [1.807, 2.05) is 7.05 Å². The maximum absolute atomic E-state index is 5.31. The lowest BCUT2D eigenvalue weighted by Crippen LogP contribution is -3.13. The largest absolute Gasteiger partial charge is 0.366 e. The van der Waals surface area contributed by atoms with Crippen molar-refractivity contribution in [2.45, 2.75) is 6.54 Å². The molecule has 0 aromatic heterocycles. The number of rotatable bonds is 2. The van der Waals surface area contributed by atoms with Gasteiger partial charge in [0.2, 0.25) is 0 Å². The van der Waals surface area contributed by atoms with Crippen molar-refractivity contribution in [1.29, 1.82) is 0 Å². The zero-order chi connectivity index (χ0) is 14.7. The van der Waals surface area contributed by atoms with Gasteiger partial charge in [0.15, 0.2) is 5.11 Å². The van der Waals surface area contributed by atoms with E-state index in [4.69, 9.17) is 12.2 Å². The van der Waals surface area contributed by atoms with Crippen LogP contribution in [0.5, 0.6) is 0 Å². The van der Waals surface area contributed by atoms with Gasteiger partial charge in [-0.1, -0.05) is 42.5 Å². The van der Waals surface area contributed by atoms with Crippen molar-refractivity contribution in [2.75, 3.05) is 33.2 Å². The van der Waals surface area contributed by atoms with E-state index < -0.39 is 0 Å². The van der Waals surface area contributed by atoms with Gasteiger partial charge in [0, 0.05) is 12.6 Å². The second kappa shape index (κ2) is 6.41. The summed E-state index contributed by atoms with van der Waals surface area (Å²) in [5, 5.41) is 6.67. The first-order valence-electron chi connectivity index (χ1n) is 7.55. The quantitative estimate of drug-likeness (QED) is 0.809. The SMILES string of the molecule is CNC(=S)N1CC[NH+](Cc2cccc3ccccc23)CC1. The first kappa shape index (κ1) is 14.3. The Bertz CT molecular complexity index is 627. The summed E-state index contributed by atoms with van der Waals surface area (Å²) in [5.74, 6) is 0. The van der Waals surface area contributed by atoms with E-state index in [0.29, 0.717) is 0 Å². The fourth-order valence-corrected chi connectivity index (χ4v) is 3.26. The summed E-state index contributed by atoms with van der Waals surface area (Å²) in [6.07, 6.45) is 0. The Morgan fingerprint density at radius 2 is 1.86 bits per heavy atom. The van der Waals surface area contributed by atoms with Crippen molar-refractivity contribution in [3.63, 3.8) is 0 Å². The molecule has 0 atom stereocenters. The van der Waals surface area contributed by atoms with E-state index in [9.17, 15) is 0 Å². The zero-order valence-electron chi connectivity index (χ0n) is 12.4. The molecule has 1 heterocycles. The number of hydrogen-bond acceptors (Lipinski definition) is 1. The third-order valence-electron chi connectivity index (χ3n) is 4.29. The third-order valence-corrected chi connectivity index (χ3v) is 4.75. The summed E-state index contributed by atoms with van der Waals surface area (Å²) in [6, 6.07) is 15.3. The van der Waals surface area contributed by atoms with Crippen LogP contribution in [0.4, 0.5) is 0 Å². The molecule has 2 N–H and O–H groups in total. The summed E-state index contributed by atoms with van der Waals surface area (Å²) >= 11 is 5.31. The number of piperazine rings is 1. The maximum Gasteiger partial charge on any atom is 0.169 e. The molecule has 0 aliphatic carbocycles. The van der Waals surface area contributed by atoms with Gasteiger partial charge in [0.25, 0.3) is 0 Å². The van der Waals surface area contributed by atoms with Crippen molar-refractivity contribution in [1.82, 2.24) is 10.2 Å². The summed E-state index contributed by atoms with van der Waals surface area (Å²) in [5.41, 5.74) is 1.45. The molecular formula is C17H22N3S+. The van der Waals surface area contributed by atoms with Crippen LogP contribution in [0.2, 0.25) is 0 Å². The molecule has 3 rings (SSSR count). The molecule has 2 aromatic rings. The fraction of sp³-hybridized carbons (Fsp3) is 0.353. The Morgan fingerprint density at radius 3 is 2.62 bits per heavy atom.